The number of carbonyl (C=O) groups excluding carboxylic acids is 3. The molecule has 3 heterocycles. The molecule has 1 aliphatic carbocycles. The van der Waals surface area contributed by atoms with Gasteiger partial charge in [-0.2, -0.15) is 0 Å². The first kappa shape index (κ1) is 25.6. The number of rotatable bonds is 7. The van der Waals surface area contributed by atoms with Crippen LogP contribution in [0.15, 0.2) is 60.7 Å². The average Bonchev–Trinajstić information content (AvgIpc) is 3.58. The summed E-state index contributed by atoms with van der Waals surface area (Å²) in [5, 5.41) is 6.08. The normalized spacial score (nSPS) is 29.4. The first-order valence-electron chi connectivity index (χ1n) is 13.6. The van der Waals surface area contributed by atoms with E-state index in [0.717, 1.165) is 32.1 Å². The highest BCUT2D eigenvalue weighted by Gasteiger charge is 2.72. The fourth-order valence-electron chi connectivity index (χ4n) is 6.65. The zero-order valence-electron chi connectivity index (χ0n) is 21.8. The molecule has 2 saturated heterocycles. The summed E-state index contributed by atoms with van der Waals surface area (Å²) in [4.78, 5) is 43.0. The number of hydrogen-bond donors (Lipinski definition) is 2. The lowest BCUT2D eigenvalue weighted by molar-refractivity contribution is -0.142. The summed E-state index contributed by atoms with van der Waals surface area (Å²) in [5.74, 6) is -2.31. The quantitative estimate of drug-likeness (QED) is 0.531. The standard InChI is InChI=1S/C30H32FN3O5/c1-38-22-13-11-21(12-14-22)32-27(35)24-23-15-16-30(39-23)25(24)29(37)34(17-18-7-9-19(31)10-8-18)26(30)28(36)33-20-5-3-2-4-6-20/h7-16,20,23-26H,2-6,17H2,1H3,(H,32,35)(H,33,36)/t23-,24?,25-,26?,30?/m0/s1. The van der Waals surface area contributed by atoms with Crippen LogP contribution in [-0.2, 0) is 25.7 Å². The Morgan fingerprint density at radius 1 is 1.05 bits per heavy atom. The molecule has 3 amide bonds. The van der Waals surface area contributed by atoms with E-state index < -0.39 is 29.6 Å². The largest absolute Gasteiger partial charge is 0.497 e. The Balaban J connectivity index is 1.30. The average molecular weight is 534 g/mol. The molecule has 2 N–H and O–H groups in total. The van der Waals surface area contributed by atoms with Crippen LogP contribution in [-0.4, -0.2) is 53.5 Å². The van der Waals surface area contributed by atoms with E-state index in [1.54, 1.807) is 55.7 Å². The molecule has 39 heavy (non-hydrogen) atoms. The maximum atomic E-state index is 14.1. The van der Waals surface area contributed by atoms with Crippen molar-refractivity contribution in [3.05, 3.63) is 72.1 Å². The van der Waals surface area contributed by atoms with Crippen LogP contribution in [0.2, 0.25) is 0 Å². The minimum atomic E-state index is -1.25. The van der Waals surface area contributed by atoms with Crippen molar-refractivity contribution in [3.63, 3.8) is 0 Å². The fraction of sp³-hybridized carbons (Fsp3) is 0.433. The molecule has 204 valence electrons. The number of anilines is 1. The Morgan fingerprint density at radius 3 is 2.46 bits per heavy atom. The van der Waals surface area contributed by atoms with Gasteiger partial charge in [-0.05, 0) is 54.8 Å². The predicted octanol–water partition coefficient (Wildman–Crippen LogP) is 3.57. The first-order valence-corrected chi connectivity index (χ1v) is 13.6. The van der Waals surface area contributed by atoms with Crippen LogP contribution in [0.4, 0.5) is 10.1 Å². The molecule has 4 aliphatic rings. The van der Waals surface area contributed by atoms with Gasteiger partial charge in [0.15, 0.2) is 0 Å². The highest BCUT2D eigenvalue weighted by atomic mass is 19.1. The third kappa shape index (κ3) is 4.48. The van der Waals surface area contributed by atoms with E-state index in [1.165, 1.54) is 17.0 Å². The Bertz CT molecular complexity index is 1290. The van der Waals surface area contributed by atoms with Crippen LogP contribution < -0.4 is 15.4 Å². The van der Waals surface area contributed by atoms with Gasteiger partial charge in [0.1, 0.15) is 23.2 Å². The Kier molecular flexibility index (Phi) is 6.62. The molecule has 9 heteroatoms. The number of amides is 3. The number of nitrogens with zero attached hydrogens (tertiary/aromatic N) is 1. The SMILES string of the molecule is COc1ccc(NC(=O)C2[C@@H]3C=CC4(O3)C(C(=O)NC3CCCCC3)N(Cc3ccc(F)cc3)C(=O)[C@H]24)cc1. The lowest BCUT2D eigenvalue weighted by atomic mass is 9.74. The number of hydrogen-bond acceptors (Lipinski definition) is 5. The lowest BCUT2D eigenvalue weighted by Crippen LogP contribution is -2.56. The molecule has 1 spiro atoms. The van der Waals surface area contributed by atoms with E-state index in [1.807, 2.05) is 0 Å². The van der Waals surface area contributed by atoms with Gasteiger partial charge in [-0.25, -0.2) is 4.39 Å². The number of benzene rings is 2. The van der Waals surface area contributed by atoms with Crippen molar-refractivity contribution in [2.24, 2.45) is 11.8 Å². The molecule has 2 aromatic rings. The van der Waals surface area contributed by atoms with E-state index >= 15 is 0 Å². The second kappa shape index (κ2) is 10.1. The summed E-state index contributed by atoms with van der Waals surface area (Å²) in [6.45, 7) is 0.106. The minimum Gasteiger partial charge on any atom is -0.497 e. The highest BCUT2D eigenvalue weighted by Crippen LogP contribution is 2.55. The fourth-order valence-corrected chi connectivity index (χ4v) is 6.65. The van der Waals surface area contributed by atoms with Gasteiger partial charge >= 0.3 is 0 Å². The summed E-state index contributed by atoms with van der Waals surface area (Å²) in [6, 6.07) is 11.9. The summed E-state index contributed by atoms with van der Waals surface area (Å²) < 4.78 is 25.2. The number of methoxy groups -OCH3 is 1. The number of ether oxygens (including phenoxy) is 2. The third-order valence-electron chi connectivity index (χ3n) is 8.50. The van der Waals surface area contributed by atoms with Gasteiger partial charge in [-0.1, -0.05) is 43.5 Å². The molecule has 1 saturated carbocycles. The molecular formula is C30H32FN3O5. The maximum absolute atomic E-state index is 14.1. The molecule has 5 atom stereocenters. The number of fused-ring (bicyclic) bond motifs is 1. The zero-order valence-corrected chi connectivity index (χ0v) is 21.8. The van der Waals surface area contributed by atoms with Crippen molar-refractivity contribution in [2.45, 2.75) is 62.4 Å². The summed E-state index contributed by atoms with van der Waals surface area (Å²) in [5.41, 5.74) is 0.0128. The number of halogens is 1. The van der Waals surface area contributed by atoms with Crippen molar-refractivity contribution in [1.82, 2.24) is 10.2 Å². The Morgan fingerprint density at radius 2 is 1.77 bits per heavy atom. The molecule has 3 unspecified atom stereocenters. The summed E-state index contributed by atoms with van der Waals surface area (Å²) in [7, 11) is 1.57. The molecule has 6 rings (SSSR count). The van der Waals surface area contributed by atoms with Crippen molar-refractivity contribution >= 4 is 23.4 Å². The Labute approximate surface area is 226 Å². The van der Waals surface area contributed by atoms with Crippen molar-refractivity contribution in [1.29, 1.82) is 0 Å². The van der Waals surface area contributed by atoms with Crippen LogP contribution in [0.5, 0.6) is 5.75 Å². The smallest absolute Gasteiger partial charge is 0.246 e. The van der Waals surface area contributed by atoms with Crippen LogP contribution in [0.1, 0.15) is 37.7 Å². The van der Waals surface area contributed by atoms with Gasteiger partial charge in [0.25, 0.3) is 0 Å². The van der Waals surface area contributed by atoms with Gasteiger partial charge in [-0.15, -0.1) is 0 Å². The molecule has 3 fully saturated rings. The Hall–Kier alpha value is -3.72. The van der Waals surface area contributed by atoms with Crippen LogP contribution in [0, 0.1) is 17.7 Å². The second-order valence-electron chi connectivity index (χ2n) is 10.9. The topological polar surface area (TPSA) is 97.0 Å². The maximum Gasteiger partial charge on any atom is 0.246 e. The van der Waals surface area contributed by atoms with Crippen LogP contribution in [0.3, 0.4) is 0 Å². The number of nitrogens with one attached hydrogen (secondary N) is 2. The number of likely N-dealkylation sites (tertiary alicyclic amines) is 1. The van der Waals surface area contributed by atoms with E-state index in [-0.39, 0.29) is 36.1 Å². The zero-order chi connectivity index (χ0) is 27.1. The molecule has 8 nitrogen and oxygen atoms in total. The van der Waals surface area contributed by atoms with E-state index in [4.69, 9.17) is 9.47 Å². The summed E-state index contributed by atoms with van der Waals surface area (Å²) in [6.07, 6.45) is 8.02. The molecule has 3 aliphatic heterocycles. The minimum absolute atomic E-state index is 0.0428. The first-order chi connectivity index (χ1) is 18.9. The predicted molar refractivity (Wildman–Crippen MR) is 141 cm³/mol. The van der Waals surface area contributed by atoms with Crippen molar-refractivity contribution in [2.75, 3.05) is 12.4 Å². The molecule has 2 bridgehead atoms. The monoisotopic (exact) mass is 533 g/mol. The van der Waals surface area contributed by atoms with Gasteiger partial charge in [0.05, 0.1) is 25.0 Å². The van der Waals surface area contributed by atoms with E-state index in [2.05, 4.69) is 10.6 Å². The highest BCUT2D eigenvalue weighted by molar-refractivity contribution is 6.02. The molecule has 2 aromatic carbocycles. The third-order valence-corrected chi connectivity index (χ3v) is 8.50. The molecule has 0 radical (unpaired) electrons. The van der Waals surface area contributed by atoms with Crippen LogP contribution in [0.25, 0.3) is 0 Å². The molecule has 0 aromatic heterocycles. The van der Waals surface area contributed by atoms with E-state index in [0.29, 0.717) is 17.0 Å². The van der Waals surface area contributed by atoms with Crippen molar-refractivity contribution in [3.8, 4) is 5.75 Å². The van der Waals surface area contributed by atoms with Crippen LogP contribution >= 0.6 is 0 Å². The van der Waals surface area contributed by atoms with Crippen molar-refractivity contribution < 1.29 is 28.2 Å². The van der Waals surface area contributed by atoms with Gasteiger partial charge in [0.2, 0.25) is 17.7 Å². The lowest BCUT2D eigenvalue weighted by Gasteiger charge is -2.34. The molecular weight excluding hydrogens is 501 g/mol. The van der Waals surface area contributed by atoms with Gasteiger partial charge < -0.3 is 25.0 Å². The van der Waals surface area contributed by atoms with Gasteiger partial charge in [-0.3, -0.25) is 14.4 Å². The van der Waals surface area contributed by atoms with E-state index in [9.17, 15) is 18.8 Å². The number of carbonyl (C=O) groups is 3. The summed E-state index contributed by atoms with van der Waals surface area (Å²) >= 11 is 0. The van der Waals surface area contributed by atoms with Gasteiger partial charge in [0, 0.05) is 18.3 Å². The second-order valence-corrected chi connectivity index (χ2v) is 10.9.